The summed E-state index contributed by atoms with van der Waals surface area (Å²) in [7, 11) is -0.423. The molecule has 1 aliphatic heterocycles. The topological polar surface area (TPSA) is 35.5 Å². The zero-order valence-electron chi connectivity index (χ0n) is 14.8. The lowest BCUT2D eigenvalue weighted by atomic mass is 9.78. The van der Waals surface area contributed by atoms with Crippen LogP contribution in [0.1, 0.15) is 45.7 Å². The Labute approximate surface area is 144 Å². The molecule has 2 rings (SSSR count). The van der Waals surface area contributed by atoms with E-state index in [1.807, 2.05) is 27.7 Å². The van der Waals surface area contributed by atoms with Gasteiger partial charge in [0.2, 0.25) is 0 Å². The molecule has 1 aromatic rings. The lowest BCUT2D eigenvalue weighted by Crippen LogP contribution is -2.41. The van der Waals surface area contributed by atoms with E-state index in [0.29, 0.717) is 5.75 Å². The fraction of sp³-hybridized carbons (Fsp3) is 0.500. The number of carbonyl (C=O) groups excluding carboxylic acids is 1. The Morgan fingerprint density at radius 2 is 1.65 bits per heavy atom. The molecule has 1 saturated heterocycles. The van der Waals surface area contributed by atoms with Crippen molar-refractivity contribution >= 4 is 30.1 Å². The molecule has 0 N–H and O–H groups in total. The third-order valence-electron chi connectivity index (χ3n) is 4.43. The van der Waals surface area contributed by atoms with E-state index in [-0.39, 0.29) is 16.3 Å². The summed E-state index contributed by atoms with van der Waals surface area (Å²) in [6, 6.07) is 8.29. The Hall–Kier alpha value is -1.04. The number of hydrogen-bond acceptors (Lipinski definition) is 4. The van der Waals surface area contributed by atoms with Crippen LogP contribution in [0.4, 0.5) is 0 Å². The second-order valence-corrected chi connectivity index (χ2v) is 8.15. The molecular weight excluding hydrogens is 307 g/mol. The summed E-state index contributed by atoms with van der Waals surface area (Å²) in [6.07, 6.45) is 2.07. The average molecular weight is 332 g/mol. The maximum atomic E-state index is 11.4. The highest BCUT2D eigenvalue weighted by Gasteiger charge is 2.52. The monoisotopic (exact) mass is 332 g/mol. The first-order valence-corrected chi connectivity index (χ1v) is 8.85. The van der Waals surface area contributed by atoms with Crippen molar-refractivity contribution < 1.29 is 14.1 Å². The number of carbonyl (C=O) groups is 1. The molecule has 1 fully saturated rings. The van der Waals surface area contributed by atoms with Gasteiger partial charge in [-0.3, -0.25) is 4.79 Å². The minimum Gasteiger partial charge on any atom is -0.400 e. The molecule has 0 aliphatic carbocycles. The molecule has 5 heteroatoms. The van der Waals surface area contributed by atoms with E-state index in [1.54, 1.807) is 6.92 Å². The van der Waals surface area contributed by atoms with E-state index < -0.39 is 7.12 Å². The van der Waals surface area contributed by atoms with Crippen molar-refractivity contribution in [2.75, 3.05) is 5.75 Å². The third kappa shape index (κ3) is 4.49. The first-order chi connectivity index (χ1) is 10.6. The smallest absolute Gasteiger partial charge is 0.400 e. The first-order valence-electron chi connectivity index (χ1n) is 7.87. The van der Waals surface area contributed by atoms with Gasteiger partial charge in [0.05, 0.1) is 11.2 Å². The summed E-state index contributed by atoms with van der Waals surface area (Å²) in [6.45, 7) is 11.8. The van der Waals surface area contributed by atoms with Crippen molar-refractivity contribution in [3.8, 4) is 0 Å². The summed E-state index contributed by atoms with van der Waals surface area (Å²) >= 11 is 1.28. The predicted octanol–water partition coefficient (Wildman–Crippen LogP) is 4.29. The number of benzene rings is 1. The van der Waals surface area contributed by atoms with Gasteiger partial charge in [-0.2, -0.15) is 0 Å². The van der Waals surface area contributed by atoms with Crippen LogP contribution in [0.5, 0.6) is 0 Å². The number of hydrogen-bond donors (Lipinski definition) is 0. The van der Waals surface area contributed by atoms with Crippen LogP contribution in [0.3, 0.4) is 0 Å². The van der Waals surface area contributed by atoms with Gasteiger partial charge in [0.15, 0.2) is 5.12 Å². The standard InChI is InChI=1S/C18H25BO3S/c1-13-7-9-15(10-8-13)11-16(12-23-14(2)20)19-21-17(3,4)18(5,6)22-19/h7-11H,12H2,1-6H3. The summed E-state index contributed by atoms with van der Waals surface area (Å²) in [4.78, 5) is 11.4. The Morgan fingerprint density at radius 3 is 2.13 bits per heavy atom. The van der Waals surface area contributed by atoms with Crippen molar-refractivity contribution in [1.29, 1.82) is 0 Å². The van der Waals surface area contributed by atoms with Gasteiger partial charge in [0.1, 0.15) is 0 Å². The van der Waals surface area contributed by atoms with Crippen LogP contribution in [-0.4, -0.2) is 29.2 Å². The van der Waals surface area contributed by atoms with Crippen molar-refractivity contribution in [3.63, 3.8) is 0 Å². The van der Waals surface area contributed by atoms with Gasteiger partial charge in [0.25, 0.3) is 0 Å². The molecule has 0 radical (unpaired) electrons. The van der Waals surface area contributed by atoms with Crippen molar-refractivity contribution in [3.05, 3.63) is 40.9 Å². The molecule has 0 bridgehead atoms. The average Bonchev–Trinajstić information content (AvgIpc) is 2.65. The minimum atomic E-state index is -0.423. The Morgan fingerprint density at radius 1 is 1.13 bits per heavy atom. The highest BCUT2D eigenvalue weighted by atomic mass is 32.2. The van der Waals surface area contributed by atoms with Gasteiger partial charge in [0, 0.05) is 12.7 Å². The molecule has 1 heterocycles. The van der Waals surface area contributed by atoms with E-state index >= 15 is 0 Å². The summed E-state index contributed by atoms with van der Waals surface area (Å²) < 4.78 is 12.3. The molecule has 23 heavy (non-hydrogen) atoms. The molecule has 1 aliphatic rings. The number of rotatable bonds is 4. The minimum absolute atomic E-state index is 0.0938. The van der Waals surface area contributed by atoms with E-state index in [2.05, 4.69) is 37.3 Å². The van der Waals surface area contributed by atoms with Crippen LogP contribution in [0.2, 0.25) is 0 Å². The molecule has 0 saturated carbocycles. The van der Waals surface area contributed by atoms with Crippen LogP contribution >= 0.6 is 11.8 Å². The maximum absolute atomic E-state index is 11.4. The zero-order chi connectivity index (χ0) is 17.3. The highest BCUT2D eigenvalue weighted by Crippen LogP contribution is 2.39. The largest absolute Gasteiger partial charge is 0.491 e. The zero-order valence-corrected chi connectivity index (χ0v) is 15.6. The van der Waals surface area contributed by atoms with Crippen molar-refractivity contribution in [2.45, 2.75) is 52.7 Å². The van der Waals surface area contributed by atoms with Crippen LogP contribution in [0, 0.1) is 6.92 Å². The molecular formula is C18H25BO3S. The third-order valence-corrected chi connectivity index (χ3v) is 5.31. The highest BCUT2D eigenvalue weighted by molar-refractivity contribution is 8.13. The Bertz CT molecular complexity index is 589. The predicted molar refractivity (Wildman–Crippen MR) is 98.4 cm³/mol. The summed E-state index contributed by atoms with van der Waals surface area (Å²) in [5.41, 5.74) is 2.52. The van der Waals surface area contributed by atoms with Gasteiger partial charge in [-0.25, -0.2) is 0 Å². The van der Waals surface area contributed by atoms with Crippen molar-refractivity contribution in [2.24, 2.45) is 0 Å². The van der Waals surface area contributed by atoms with Crippen LogP contribution < -0.4 is 0 Å². The second kappa shape index (κ2) is 6.84. The fourth-order valence-electron chi connectivity index (χ4n) is 2.23. The van der Waals surface area contributed by atoms with E-state index in [1.165, 1.54) is 17.3 Å². The second-order valence-electron chi connectivity index (χ2n) is 7.00. The molecule has 0 amide bonds. The number of aryl methyl sites for hydroxylation is 1. The summed E-state index contributed by atoms with van der Waals surface area (Å²) in [5, 5.41) is 0.0938. The fourth-order valence-corrected chi connectivity index (χ4v) is 2.82. The Kier molecular flexibility index (Phi) is 5.44. The first kappa shape index (κ1) is 18.3. The quantitative estimate of drug-likeness (QED) is 0.771. The van der Waals surface area contributed by atoms with Crippen LogP contribution in [-0.2, 0) is 14.1 Å². The molecule has 0 atom stereocenters. The lowest BCUT2D eigenvalue weighted by Gasteiger charge is -2.32. The number of thioether (sulfide) groups is 1. The van der Waals surface area contributed by atoms with E-state index in [4.69, 9.17) is 9.31 Å². The molecule has 0 spiro atoms. The van der Waals surface area contributed by atoms with E-state index in [9.17, 15) is 4.79 Å². The van der Waals surface area contributed by atoms with Gasteiger partial charge in [-0.05, 0) is 45.7 Å². The van der Waals surface area contributed by atoms with Gasteiger partial charge in [-0.15, -0.1) is 0 Å². The SMILES string of the molecule is CC(=O)SCC(=Cc1ccc(C)cc1)B1OC(C)(C)C(C)(C)O1. The Balaban J connectivity index is 2.28. The molecule has 0 unspecified atom stereocenters. The molecule has 1 aromatic carbocycles. The molecule has 3 nitrogen and oxygen atoms in total. The summed E-state index contributed by atoms with van der Waals surface area (Å²) in [5.74, 6) is 0.569. The maximum Gasteiger partial charge on any atom is 0.491 e. The normalized spacial score (nSPS) is 19.9. The van der Waals surface area contributed by atoms with Gasteiger partial charge < -0.3 is 9.31 Å². The lowest BCUT2D eigenvalue weighted by molar-refractivity contribution is -0.109. The van der Waals surface area contributed by atoms with Gasteiger partial charge >= 0.3 is 7.12 Å². The van der Waals surface area contributed by atoms with Crippen molar-refractivity contribution in [1.82, 2.24) is 0 Å². The molecule has 124 valence electrons. The van der Waals surface area contributed by atoms with E-state index in [0.717, 1.165) is 11.0 Å². The van der Waals surface area contributed by atoms with Crippen LogP contribution in [0.15, 0.2) is 29.7 Å². The van der Waals surface area contributed by atoms with Crippen LogP contribution in [0.25, 0.3) is 6.08 Å². The molecule has 0 aromatic heterocycles. The van der Waals surface area contributed by atoms with Gasteiger partial charge in [-0.1, -0.05) is 47.7 Å².